The molecule has 1 aliphatic heterocycles. The lowest BCUT2D eigenvalue weighted by Gasteiger charge is -2.33. The summed E-state index contributed by atoms with van der Waals surface area (Å²) in [6.45, 7) is 4.23. The number of hydrogen-bond donors (Lipinski definition) is 1. The number of anilines is 2. The topological polar surface area (TPSA) is 70.6 Å². The van der Waals surface area contributed by atoms with Crippen LogP contribution in [0.4, 0.5) is 11.5 Å². The molecule has 1 amide bonds. The van der Waals surface area contributed by atoms with Gasteiger partial charge in [0.1, 0.15) is 30.2 Å². The molecular formula is C23H25N5O2. The van der Waals surface area contributed by atoms with Crippen molar-refractivity contribution in [3.8, 4) is 5.75 Å². The van der Waals surface area contributed by atoms with E-state index in [0.29, 0.717) is 18.0 Å². The summed E-state index contributed by atoms with van der Waals surface area (Å²) >= 11 is 0. The number of amides is 1. The Morgan fingerprint density at radius 1 is 1.00 bits per heavy atom. The van der Waals surface area contributed by atoms with Crippen molar-refractivity contribution >= 4 is 17.4 Å². The lowest BCUT2D eigenvalue weighted by Crippen LogP contribution is -2.44. The van der Waals surface area contributed by atoms with Crippen molar-refractivity contribution in [2.24, 2.45) is 0 Å². The Morgan fingerprint density at radius 3 is 2.47 bits per heavy atom. The van der Waals surface area contributed by atoms with E-state index in [-0.39, 0.29) is 5.91 Å². The van der Waals surface area contributed by atoms with E-state index in [1.54, 1.807) is 6.07 Å². The fourth-order valence-electron chi connectivity index (χ4n) is 3.25. The van der Waals surface area contributed by atoms with E-state index in [4.69, 9.17) is 4.74 Å². The van der Waals surface area contributed by atoms with Gasteiger partial charge >= 0.3 is 0 Å². The normalized spacial score (nSPS) is 14.4. The van der Waals surface area contributed by atoms with Gasteiger partial charge in [0, 0.05) is 37.9 Å². The van der Waals surface area contributed by atoms with Gasteiger partial charge in [-0.25, -0.2) is 9.97 Å². The fraction of sp³-hybridized carbons (Fsp3) is 0.261. The first-order chi connectivity index (χ1) is 14.7. The molecule has 2 aromatic carbocycles. The average Bonchev–Trinajstić information content (AvgIpc) is 2.80. The van der Waals surface area contributed by atoms with Crippen molar-refractivity contribution < 1.29 is 9.53 Å². The van der Waals surface area contributed by atoms with Gasteiger partial charge in [0.2, 0.25) is 0 Å². The van der Waals surface area contributed by atoms with Crippen LogP contribution >= 0.6 is 0 Å². The molecule has 0 radical (unpaired) electrons. The van der Waals surface area contributed by atoms with Crippen molar-refractivity contribution in [2.45, 2.75) is 6.61 Å². The number of hydrogen-bond acceptors (Lipinski definition) is 6. The molecule has 3 aromatic rings. The van der Waals surface area contributed by atoms with E-state index in [2.05, 4.69) is 32.1 Å². The van der Waals surface area contributed by atoms with Crippen LogP contribution < -0.4 is 15.0 Å². The van der Waals surface area contributed by atoms with Gasteiger partial charge in [0.25, 0.3) is 5.91 Å². The summed E-state index contributed by atoms with van der Waals surface area (Å²) in [4.78, 5) is 25.6. The number of benzene rings is 2. The predicted molar refractivity (Wildman–Crippen MR) is 117 cm³/mol. The first kappa shape index (κ1) is 19.8. The molecule has 4 rings (SSSR count). The summed E-state index contributed by atoms with van der Waals surface area (Å²) in [5.74, 6) is 1.27. The van der Waals surface area contributed by atoms with Crippen LogP contribution in [-0.2, 0) is 6.61 Å². The van der Waals surface area contributed by atoms with Gasteiger partial charge < -0.3 is 19.9 Å². The molecule has 1 N–H and O–H groups in total. The first-order valence-corrected chi connectivity index (χ1v) is 10.0. The molecule has 1 saturated heterocycles. The molecule has 0 bridgehead atoms. The van der Waals surface area contributed by atoms with Crippen LogP contribution in [0.1, 0.15) is 16.1 Å². The molecule has 1 fully saturated rings. The Balaban J connectivity index is 1.35. The molecule has 1 aromatic heterocycles. The zero-order valence-electron chi connectivity index (χ0n) is 17.0. The Kier molecular flexibility index (Phi) is 6.20. The van der Waals surface area contributed by atoms with Crippen LogP contribution in [0.3, 0.4) is 0 Å². The standard InChI is InChI=1S/C23H25N5O2/c1-27-11-13-28(14-12-27)22-15-21(24-17-25-22)23(29)26-19-7-9-20(10-8-19)30-16-18-5-3-2-4-6-18/h2-10,15,17H,11-14,16H2,1H3,(H,26,29). The third-order valence-electron chi connectivity index (χ3n) is 5.07. The molecule has 0 unspecified atom stereocenters. The van der Waals surface area contributed by atoms with E-state index >= 15 is 0 Å². The van der Waals surface area contributed by atoms with Gasteiger partial charge in [0.15, 0.2) is 0 Å². The number of piperazine rings is 1. The molecule has 30 heavy (non-hydrogen) atoms. The summed E-state index contributed by atoms with van der Waals surface area (Å²) in [6.07, 6.45) is 1.45. The van der Waals surface area contributed by atoms with Gasteiger partial charge in [-0.1, -0.05) is 30.3 Å². The number of likely N-dealkylation sites (N-methyl/N-ethyl adjacent to an activating group) is 1. The minimum Gasteiger partial charge on any atom is -0.489 e. The van der Waals surface area contributed by atoms with Crippen molar-refractivity contribution in [2.75, 3.05) is 43.4 Å². The lowest BCUT2D eigenvalue weighted by atomic mass is 10.2. The zero-order chi connectivity index (χ0) is 20.8. The second-order valence-electron chi connectivity index (χ2n) is 7.30. The summed E-state index contributed by atoms with van der Waals surface area (Å²) < 4.78 is 5.78. The first-order valence-electron chi connectivity index (χ1n) is 10.0. The molecule has 0 aliphatic carbocycles. The number of nitrogens with zero attached hydrogens (tertiary/aromatic N) is 4. The van der Waals surface area contributed by atoms with E-state index in [1.807, 2.05) is 54.6 Å². The molecular weight excluding hydrogens is 378 g/mol. The fourth-order valence-corrected chi connectivity index (χ4v) is 3.25. The number of aromatic nitrogens is 2. The van der Waals surface area contributed by atoms with Crippen LogP contribution in [0.15, 0.2) is 67.0 Å². The van der Waals surface area contributed by atoms with E-state index in [0.717, 1.165) is 43.3 Å². The van der Waals surface area contributed by atoms with Crippen LogP contribution in [0.2, 0.25) is 0 Å². The molecule has 7 heteroatoms. The monoisotopic (exact) mass is 403 g/mol. The van der Waals surface area contributed by atoms with Crippen LogP contribution in [0.25, 0.3) is 0 Å². The van der Waals surface area contributed by atoms with Crippen LogP contribution in [0.5, 0.6) is 5.75 Å². The van der Waals surface area contributed by atoms with Gasteiger partial charge in [-0.15, -0.1) is 0 Å². The Hall–Kier alpha value is -3.45. The highest BCUT2D eigenvalue weighted by atomic mass is 16.5. The second-order valence-corrected chi connectivity index (χ2v) is 7.30. The number of rotatable bonds is 6. The molecule has 0 atom stereocenters. The van der Waals surface area contributed by atoms with E-state index < -0.39 is 0 Å². The minimum absolute atomic E-state index is 0.259. The van der Waals surface area contributed by atoms with Crippen LogP contribution in [0, 0.1) is 0 Å². The summed E-state index contributed by atoms with van der Waals surface area (Å²) in [7, 11) is 2.11. The maximum atomic E-state index is 12.6. The van der Waals surface area contributed by atoms with E-state index in [1.165, 1.54) is 6.33 Å². The Morgan fingerprint density at radius 2 is 1.73 bits per heavy atom. The maximum absolute atomic E-state index is 12.6. The Labute approximate surface area is 176 Å². The smallest absolute Gasteiger partial charge is 0.274 e. The maximum Gasteiger partial charge on any atom is 0.274 e. The largest absolute Gasteiger partial charge is 0.489 e. The number of carbonyl (C=O) groups excluding carboxylic acids is 1. The average molecular weight is 403 g/mol. The highest BCUT2D eigenvalue weighted by Crippen LogP contribution is 2.19. The van der Waals surface area contributed by atoms with Crippen molar-refractivity contribution in [3.63, 3.8) is 0 Å². The third kappa shape index (κ3) is 5.12. The number of nitrogens with one attached hydrogen (secondary N) is 1. The summed E-state index contributed by atoms with van der Waals surface area (Å²) in [5, 5.41) is 2.88. The number of carbonyl (C=O) groups is 1. The SMILES string of the molecule is CN1CCN(c2cc(C(=O)Nc3ccc(OCc4ccccc4)cc3)ncn2)CC1. The minimum atomic E-state index is -0.259. The molecule has 2 heterocycles. The molecule has 1 aliphatic rings. The molecule has 7 nitrogen and oxygen atoms in total. The van der Waals surface area contributed by atoms with Gasteiger partial charge in [-0.3, -0.25) is 4.79 Å². The molecule has 0 spiro atoms. The molecule has 0 saturated carbocycles. The van der Waals surface area contributed by atoms with Crippen molar-refractivity contribution in [3.05, 3.63) is 78.2 Å². The quantitative estimate of drug-likeness (QED) is 0.682. The highest BCUT2D eigenvalue weighted by Gasteiger charge is 2.17. The second kappa shape index (κ2) is 9.37. The van der Waals surface area contributed by atoms with Gasteiger partial charge in [0.05, 0.1) is 0 Å². The van der Waals surface area contributed by atoms with Crippen molar-refractivity contribution in [1.29, 1.82) is 0 Å². The highest BCUT2D eigenvalue weighted by molar-refractivity contribution is 6.03. The summed E-state index contributed by atoms with van der Waals surface area (Å²) in [5.41, 5.74) is 2.14. The predicted octanol–water partition coefficient (Wildman–Crippen LogP) is 3.06. The molecule has 154 valence electrons. The van der Waals surface area contributed by atoms with Gasteiger partial charge in [-0.2, -0.15) is 0 Å². The number of ether oxygens (including phenoxy) is 1. The lowest BCUT2D eigenvalue weighted by molar-refractivity contribution is 0.102. The van der Waals surface area contributed by atoms with Gasteiger partial charge in [-0.05, 0) is 36.9 Å². The van der Waals surface area contributed by atoms with Crippen LogP contribution in [-0.4, -0.2) is 54.0 Å². The third-order valence-corrected chi connectivity index (χ3v) is 5.07. The zero-order valence-corrected chi connectivity index (χ0v) is 17.0. The van der Waals surface area contributed by atoms with Crippen molar-refractivity contribution in [1.82, 2.24) is 14.9 Å². The summed E-state index contributed by atoms with van der Waals surface area (Å²) in [6, 6.07) is 19.1. The van der Waals surface area contributed by atoms with E-state index in [9.17, 15) is 4.79 Å². The Bertz CT molecular complexity index is 970.